The number of methoxy groups -OCH3 is 1. The lowest BCUT2D eigenvalue weighted by Crippen LogP contribution is -2.36. The average molecular weight is 434 g/mol. The highest BCUT2D eigenvalue weighted by Crippen LogP contribution is 2.30. The highest BCUT2D eigenvalue weighted by molar-refractivity contribution is 5.83. The summed E-state index contributed by atoms with van der Waals surface area (Å²) in [6.45, 7) is 2.26. The van der Waals surface area contributed by atoms with Gasteiger partial charge in [-0.25, -0.2) is 4.98 Å². The lowest BCUT2D eigenvalue weighted by atomic mass is 10.0. The van der Waals surface area contributed by atoms with Gasteiger partial charge in [0, 0.05) is 43.2 Å². The third-order valence-electron chi connectivity index (χ3n) is 6.31. The van der Waals surface area contributed by atoms with Gasteiger partial charge in [-0.2, -0.15) is 0 Å². The second-order valence-electron chi connectivity index (χ2n) is 8.39. The minimum absolute atomic E-state index is 0.162. The number of unbranched alkanes of at least 4 members (excludes halogenated alkanes) is 1. The van der Waals surface area contributed by atoms with Crippen LogP contribution in [0.1, 0.15) is 48.9 Å². The summed E-state index contributed by atoms with van der Waals surface area (Å²) in [5, 5.41) is 1.22. The Kier molecular flexibility index (Phi) is 7.20. The molecule has 0 N–H and O–H groups in total. The molecule has 0 bridgehead atoms. The van der Waals surface area contributed by atoms with Crippen LogP contribution in [0, 0.1) is 0 Å². The van der Waals surface area contributed by atoms with E-state index in [9.17, 15) is 9.59 Å². The van der Waals surface area contributed by atoms with E-state index in [1.807, 2.05) is 23.2 Å². The zero-order valence-corrected chi connectivity index (χ0v) is 18.8. The quantitative estimate of drug-likeness (QED) is 0.373. The normalized spacial score (nSPS) is 13.2. The number of carbonyl (C=O) groups excluding carboxylic acids is 2. The van der Waals surface area contributed by atoms with E-state index in [1.165, 1.54) is 29.3 Å². The molecule has 1 amide bonds. The Morgan fingerprint density at radius 1 is 1.03 bits per heavy atom. The molecule has 0 saturated heterocycles. The minimum atomic E-state index is -0.215. The van der Waals surface area contributed by atoms with E-state index >= 15 is 0 Å². The van der Waals surface area contributed by atoms with Crippen LogP contribution in [0.5, 0.6) is 0 Å². The standard InChI is InChI=1S/C26H31N3O3/c1-32-25(31)14-6-5-13-24(30)28-18-15-21-22-12-7-16-27-26(22)29(23(21)19-28)17-8-11-20-9-3-2-4-10-20/h2-4,7,9-10,12,16H,5-6,8,11,13-15,17-19H2,1H3. The molecule has 168 valence electrons. The second-order valence-corrected chi connectivity index (χ2v) is 8.39. The largest absolute Gasteiger partial charge is 0.469 e. The van der Waals surface area contributed by atoms with Crippen molar-refractivity contribution in [1.82, 2.24) is 14.5 Å². The van der Waals surface area contributed by atoms with Crippen molar-refractivity contribution in [3.8, 4) is 0 Å². The van der Waals surface area contributed by atoms with E-state index in [-0.39, 0.29) is 11.9 Å². The molecule has 1 aromatic carbocycles. The molecular formula is C26H31N3O3. The fourth-order valence-electron chi connectivity index (χ4n) is 4.61. The van der Waals surface area contributed by atoms with Crippen molar-refractivity contribution in [2.75, 3.05) is 13.7 Å². The van der Waals surface area contributed by atoms with Gasteiger partial charge < -0.3 is 14.2 Å². The summed E-state index contributed by atoms with van der Waals surface area (Å²) < 4.78 is 7.00. The molecule has 2 aromatic heterocycles. The van der Waals surface area contributed by atoms with Gasteiger partial charge in [-0.3, -0.25) is 9.59 Å². The summed E-state index contributed by atoms with van der Waals surface area (Å²) in [6.07, 6.45) is 6.99. The number of aromatic nitrogens is 2. The molecule has 0 aliphatic carbocycles. The van der Waals surface area contributed by atoms with Crippen molar-refractivity contribution >= 4 is 22.9 Å². The zero-order chi connectivity index (χ0) is 22.3. The van der Waals surface area contributed by atoms with Crippen molar-refractivity contribution in [2.24, 2.45) is 0 Å². The van der Waals surface area contributed by atoms with Crippen LogP contribution < -0.4 is 0 Å². The maximum Gasteiger partial charge on any atom is 0.305 e. The zero-order valence-electron chi connectivity index (χ0n) is 18.8. The molecular weight excluding hydrogens is 402 g/mol. The topological polar surface area (TPSA) is 64.4 Å². The van der Waals surface area contributed by atoms with Crippen LogP contribution in [0.2, 0.25) is 0 Å². The first kappa shape index (κ1) is 22.1. The van der Waals surface area contributed by atoms with Crippen molar-refractivity contribution < 1.29 is 14.3 Å². The van der Waals surface area contributed by atoms with Crippen LogP contribution in [0.3, 0.4) is 0 Å². The highest BCUT2D eigenvalue weighted by Gasteiger charge is 2.26. The third-order valence-corrected chi connectivity index (χ3v) is 6.31. The number of carbonyl (C=O) groups is 2. The molecule has 3 aromatic rings. The first-order valence-corrected chi connectivity index (χ1v) is 11.5. The van der Waals surface area contributed by atoms with E-state index < -0.39 is 0 Å². The molecule has 3 heterocycles. The van der Waals surface area contributed by atoms with Crippen molar-refractivity contribution in [3.63, 3.8) is 0 Å². The first-order chi connectivity index (χ1) is 15.7. The Labute approximate surface area is 189 Å². The Balaban J connectivity index is 1.44. The Morgan fingerprint density at radius 3 is 2.66 bits per heavy atom. The smallest absolute Gasteiger partial charge is 0.305 e. The van der Waals surface area contributed by atoms with Crippen LogP contribution in [-0.2, 0) is 40.3 Å². The fourth-order valence-corrected chi connectivity index (χ4v) is 4.61. The number of nitrogens with zero attached hydrogens (tertiary/aromatic N) is 3. The first-order valence-electron chi connectivity index (χ1n) is 11.5. The van der Waals surface area contributed by atoms with Gasteiger partial charge in [-0.15, -0.1) is 0 Å². The summed E-state index contributed by atoms with van der Waals surface area (Å²) >= 11 is 0. The maximum atomic E-state index is 12.8. The van der Waals surface area contributed by atoms with Gasteiger partial charge in [-0.1, -0.05) is 30.3 Å². The number of esters is 1. The van der Waals surface area contributed by atoms with Crippen LogP contribution in [0.15, 0.2) is 48.7 Å². The second kappa shape index (κ2) is 10.4. The van der Waals surface area contributed by atoms with E-state index in [2.05, 4.69) is 44.6 Å². The monoisotopic (exact) mass is 433 g/mol. The third kappa shape index (κ3) is 5.01. The van der Waals surface area contributed by atoms with E-state index in [0.717, 1.165) is 38.0 Å². The van der Waals surface area contributed by atoms with Crippen LogP contribution in [0.25, 0.3) is 11.0 Å². The van der Waals surface area contributed by atoms with Crippen molar-refractivity contribution in [2.45, 2.75) is 58.0 Å². The Morgan fingerprint density at radius 2 is 1.84 bits per heavy atom. The lowest BCUT2D eigenvalue weighted by molar-refractivity contribution is -0.141. The number of hydrogen-bond donors (Lipinski definition) is 0. The SMILES string of the molecule is COC(=O)CCCCC(=O)N1CCc2c(n(CCCc3ccccc3)c3ncccc23)C1. The predicted octanol–water partition coefficient (Wildman–Crippen LogP) is 4.29. The summed E-state index contributed by atoms with van der Waals surface area (Å²) in [4.78, 5) is 30.7. The number of pyridine rings is 1. The number of ether oxygens (including phenoxy) is 1. The highest BCUT2D eigenvalue weighted by atomic mass is 16.5. The molecule has 1 aliphatic rings. The van der Waals surface area contributed by atoms with E-state index in [0.29, 0.717) is 32.2 Å². The van der Waals surface area contributed by atoms with Crippen molar-refractivity contribution in [3.05, 3.63) is 65.5 Å². The average Bonchev–Trinajstić information content (AvgIpc) is 3.15. The van der Waals surface area contributed by atoms with Gasteiger partial charge in [0.2, 0.25) is 5.91 Å². The number of benzene rings is 1. The van der Waals surface area contributed by atoms with Crippen LogP contribution in [-0.4, -0.2) is 40.0 Å². The number of aryl methyl sites for hydroxylation is 2. The van der Waals surface area contributed by atoms with Gasteiger partial charge in [-0.05, 0) is 55.4 Å². The summed E-state index contributed by atoms with van der Waals surface area (Å²) in [5.41, 5.74) is 4.93. The Hall–Kier alpha value is -3.15. The number of amides is 1. The minimum Gasteiger partial charge on any atom is -0.469 e. The fraction of sp³-hybridized carbons (Fsp3) is 0.423. The number of fused-ring (bicyclic) bond motifs is 3. The molecule has 6 nitrogen and oxygen atoms in total. The molecule has 4 rings (SSSR count). The number of hydrogen-bond acceptors (Lipinski definition) is 4. The molecule has 0 fully saturated rings. The molecule has 0 spiro atoms. The summed E-state index contributed by atoms with van der Waals surface area (Å²) in [5.74, 6) is -0.0536. The Bertz CT molecular complexity index is 1070. The van der Waals surface area contributed by atoms with Gasteiger partial charge in [0.05, 0.1) is 13.7 Å². The maximum absolute atomic E-state index is 12.8. The molecule has 1 aliphatic heterocycles. The summed E-state index contributed by atoms with van der Waals surface area (Å²) in [6, 6.07) is 14.7. The van der Waals surface area contributed by atoms with E-state index in [4.69, 9.17) is 0 Å². The lowest BCUT2D eigenvalue weighted by Gasteiger charge is -2.28. The van der Waals surface area contributed by atoms with Gasteiger partial charge in [0.1, 0.15) is 5.65 Å². The van der Waals surface area contributed by atoms with Crippen LogP contribution in [0.4, 0.5) is 0 Å². The predicted molar refractivity (Wildman–Crippen MR) is 124 cm³/mol. The van der Waals surface area contributed by atoms with Crippen LogP contribution >= 0.6 is 0 Å². The number of rotatable bonds is 9. The van der Waals surface area contributed by atoms with Gasteiger partial charge in [0.25, 0.3) is 0 Å². The van der Waals surface area contributed by atoms with E-state index in [1.54, 1.807) is 0 Å². The van der Waals surface area contributed by atoms with Gasteiger partial charge >= 0.3 is 5.97 Å². The molecule has 32 heavy (non-hydrogen) atoms. The molecule has 0 radical (unpaired) electrons. The molecule has 0 saturated carbocycles. The molecule has 6 heteroatoms. The van der Waals surface area contributed by atoms with Gasteiger partial charge in [0.15, 0.2) is 0 Å². The molecule has 0 atom stereocenters. The van der Waals surface area contributed by atoms with Crippen molar-refractivity contribution in [1.29, 1.82) is 0 Å². The molecule has 0 unspecified atom stereocenters. The summed E-state index contributed by atoms with van der Waals surface area (Å²) in [7, 11) is 1.40.